The Morgan fingerprint density at radius 1 is 1.07 bits per heavy atom. The Morgan fingerprint density at radius 2 is 1.60 bits per heavy atom. The number of hydrogen-bond acceptors (Lipinski definition) is 2. The van der Waals surface area contributed by atoms with E-state index in [2.05, 4.69) is 19.9 Å². The van der Waals surface area contributed by atoms with Crippen molar-refractivity contribution in [3.8, 4) is 0 Å². The molecule has 2 heteroatoms. The summed E-state index contributed by atoms with van der Waals surface area (Å²) >= 11 is 0. The van der Waals surface area contributed by atoms with E-state index in [0.717, 1.165) is 36.9 Å². The summed E-state index contributed by atoms with van der Waals surface area (Å²) in [5, 5.41) is 0. The summed E-state index contributed by atoms with van der Waals surface area (Å²) in [7, 11) is 0. The summed E-state index contributed by atoms with van der Waals surface area (Å²) in [5.41, 5.74) is 14.1. The van der Waals surface area contributed by atoms with Crippen LogP contribution in [0.25, 0.3) is 0 Å². The van der Waals surface area contributed by atoms with E-state index in [1.807, 2.05) is 18.2 Å². The molecule has 0 saturated carbocycles. The molecule has 0 amide bonds. The molecule has 0 aliphatic heterocycles. The molecule has 1 aromatic carbocycles. The monoisotopic (exact) mass is 206 g/mol. The zero-order valence-electron chi connectivity index (χ0n) is 9.79. The first kappa shape index (κ1) is 12.1. The van der Waals surface area contributed by atoms with E-state index in [9.17, 15) is 0 Å². The van der Waals surface area contributed by atoms with Gasteiger partial charge in [0, 0.05) is 11.2 Å². The van der Waals surface area contributed by atoms with Crippen molar-refractivity contribution in [1.29, 1.82) is 0 Å². The molecule has 1 rings (SSSR count). The van der Waals surface area contributed by atoms with E-state index in [0.29, 0.717) is 0 Å². The van der Waals surface area contributed by atoms with Crippen LogP contribution in [0.4, 0.5) is 5.69 Å². The second kappa shape index (κ2) is 5.17. The van der Waals surface area contributed by atoms with Crippen LogP contribution in [0.3, 0.4) is 0 Å². The minimum Gasteiger partial charge on any atom is -0.398 e. The van der Waals surface area contributed by atoms with Gasteiger partial charge < -0.3 is 11.5 Å². The molecule has 0 spiro atoms. The van der Waals surface area contributed by atoms with Gasteiger partial charge in [0.1, 0.15) is 0 Å². The van der Waals surface area contributed by atoms with E-state index in [1.54, 1.807) is 0 Å². The van der Waals surface area contributed by atoms with Gasteiger partial charge in [-0.3, -0.25) is 0 Å². The Kier molecular flexibility index (Phi) is 4.15. The average molecular weight is 206 g/mol. The highest BCUT2D eigenvalue weighted by atomic mass is 14.8. The molecule has 2 nitrogen and oxygen atoms in total. The molecular formula is C13H22N2. The Hall–Kier alpha value is -1.02. The molecule has 0 heterocycles. The third-order valence-corrected chi connectivity index (χ3v) is 2.89. The predicted octanol–water partition coefficient (Wildman–Crippen LogP) is 3.02. The number of benzene rings is 1. The molecule has 0 aliphatic rings. The van der Waals surface area contributed by atoms with E-state index in [-0.39, 0.29) is 5.54 Å². The van der Waals surface area contributed by atoms with E-state index in [4.69, 9.17) is 11.5 Å². The molecule has 84 valence electrons. The highest BCUT2D eigenvalue weighted by Crippen LogP contribution is 2.32. The smallest absolute Gasteiger partial charge is 0.0429 e. The molecule has 0 radical (unpaired) electrons. The van der Waals surface area contributed by atoms with Crippen LogP contribution in [0, 0.1) is 0 Å². The second-order valence-electron chi connectivity index (χ2n) is 4.24. The van der Waals surface area contributed by atoms with Gasteiger partial charge in [0.25, 0.3) is 0 Å². The number of anilines is 1. The quantitative estimate of drug-likeness (QED) is 0.728. The molecule has 0 fully saturated rings. The standard InChI is InChI=1S/C13H22N2/c1-3-9-13(15,10-4-2)11-7-5-6-8-12(11)14/h5-8H,3-4,9-10,14-15H2,1-2H3. The maximum absolute atomic E-state index is 6.46. The highest BCUT2D eigenvalue weighted by molar-refractivity contribution is 5.50. The third kappa shape index (κ3) is 2.72. The van der Waals surface area contributed by atoms with Crippen molar-refractivity contribution in [2.24, 2.45) is 5.73 Å². The predicted molar refractivity (Wildman–Crippen MR) is 66.5 cm³/mol. The topological polar surface area (TPSA) is 52.0 Å². The zero-order valence-corrected chi connectivity index (χ0v) is 9.79. The Morgan fingerprint density at radius 3 is 2.07 bits per heavy atom. The molecular weight excluding hydrogens is 184 g/mol. The molecule has 4 N–H and O–H groups in total. The molecule has 0 bridgehead atoms. The Bertz CT molecular complexity index is 301. The number of para-hydroxylation sites is 1. The van der Waals surface area contributed by atoms with Crippen molar-refractivity contribution in [3.05, 3.63) is 29.8 Å². The zero-order chi connectivity index (χ0) is 11.3. The van der Waals surface area contributed by atoms with Crippen molar-refractivity contribution in [3.63, 3.8) is 0 Å². The van der Waals surface area contributed by atoms with Crippen LogP contribution >= 0.6 is 0 Å². The fourth-order valence-corrected chi connectivity index (χ4v) is 2.24. The summed E-state index contributed by atoms with van der Waals surface area (Å²) in [5.74, 6) is 0. The minimum absolute atomic E-state index is 0.241. The maximum atomic E-state index is 6.46. The van der Waals surface area contributed by atoms with Gasteiger partial charge in [0.05, 0.1) is 0 Å². The maximum Gasteiger partial charge on any atom is 0.0429 e. The fourth-order valence-electron chi connectivity index (χ4n) is 2.24. The van der Waals surface area contributed by atoms with Gasteiger partial charge in [-0.2, -0.15) is 0 Å². The first-order chi connectivity index (χ1) is 7.14. The van der Waals surface area contributed by atoms with Gasteiger partial charge >= 0.3 is 0 Å². The summed E-state index contributed by atoms with van der Waals surface area (Å²) in [4.78, 5) is 0. The third-order valence-electron chi connectivity index (χ3n) is 2.89. The van der Waals surface area contributed by atoms with Crippen LogP contribution in [0.1, 0.15) is 45.1 Å². The molecule has 0 atom stereocenters. The largest absolute Gasteiger partial charge is 0.398 e. The number of nitrogen functional groups attached to an aromatic ring is 1. The molecule has 15 heavy (non-hydrogen) atoms. The van der Waals surface area contributed by atoms with Crippen LogP contribution in [-0.4, -0.2) is 0 Å². The molecule has 0 aromatic heterocycles. The molecule has 1 aromatic rings. The van der Waals surface area contributed by atoms with Gasteiger partial charge in [-0.15, -0.1) is 0 Å². The van der Waals surface area contributed by atoms with Gasteiger partial charge in [0.15, 0.2) is 0 Å². The number of hydrogen-bond donors (Lipinski definition) is 2. The summed E-state index contributed by atoms with van der Waals surface area (Å²) in [6.45, 7) is 4.33. The SMILES string of the molecule is CCCC(N)(CCC)c1ccccc1N. The van der Waals surface area contributed by atoms with Crippen LogP contribution in [0.15, 0.2) is 24.3 Å². The lowest BCUT2D eigenvalue weighted by atomic mass is 9.82. The Labute approximate surface area is 92.7 Å². The van der Waals surface area contributed by atoms with Crippen molar-refractivity contribution in [1.82, 2.24) is 0 Å². The first-order valence-corrected chi connectivity index (χ1v) is 5.78. The van der Waals surface area contributed by atoms with Gasteiger partial charge in [0.2, 0.25) is 0 Å². The van der Waals surface area contributed by atoms with Crippen LogP contribution in [-0.2, 0) is 5.54 Å². The van der Waals surface area contributed by atoms with Crippen LogP contribution in [0.2, 0.25) is 0 Å². The lowest BCUT2D eigenvalue weighted by molar-refractivity contribution is 0.371. The molecule has 0 unspecified atom stereocenters. The number of rotatable bonds is 5. The average Bonchev–Trinajstić information content (AvgIpc) is 2.19. The van der Waals surface area contributed by atoms with Crippen molar-refractivity contribution < 1.29 is 0 Å². The Balaban J connectivity index is 3.03. The molecule has 0 saturated heterocycles. The molecule has 0 aliphatic carbocycles. The minimum atomic E-state index is -0.241. The van der Waals surface area contributed by atoms with Gasteiger partial charge in [-0.05, 0) is 24.5 Å². The van der Waals surface area contributed by atoms with Gasteiger partial charge in [-0.25, -0.2) is 0 Å². The van der Waals surface area contributed by atoms with E-state index < -0.39 is 0 Å². The normalized spacial score (nSPS) is 11.7. The van der Waals surface area contributed by atoms with Crippen molar-refractivity contribution in [2.75, 3.05) is 5.73 Å². The van der Waals surface area contributed by atoms with Gasteiger partial charge in [-0.1, -0.05) is 44.9 Å². The van der Waals surface area contributed by atoms with Crippen LogP contribution in [0.5, 0.6) is 0 Å². The van der Waals surface area contributed by atoms with Crippen molar-refractivity contribution in [2.45, 2.75) is 45.1 Å². The van der Waals surface area contributed by atoms with E-state index in [1.165, 1.54) is 0 Å². The second-order valence-corrected chi connectivity index (χ2v) is 4.24. The lowest BCUT2D eigenvalue weighted by Gasteiger charge is -2.30. The summed E-state index contributed by atoms with van der Waals surface area (Å²) < 4.78 is 0. The lowest BCUT2D eigenvalue weighted by Crippen LogP contribution is -2.37. The highest BCUT2D eigenvalue weighted by Gasteiger charge is 2.26. The fraction of sp³-hybridized carbons (Fsp3) is 0.538. The van der Waals surface area contributed by atoms with Crippen LogP contribution < -0.4 is 11.5 Å². The summed E-state index contributed by atoms with van der Waals surface area (Å²) in [6, 6.07) is 7.96. The van der Waals surface area contributed by atoms with Crippen molar-refractivity contribution >= 4 is 5.69 Å². The van der Waals surface area contributed by atoms with E-state index >= 15 is 0 Å². The summed E-state index contributed by atoms with van der Waals surface area (Å²) in [6.07, 6.45) is 4.17. The number of nitrogens with two attached hydrogens (primary N) is 2. The first-order valence-electron chi connectivity index (χ1n) is 5.78.